The summed E-state index contributed by atoms with van der Waals surface area (Å²) in [6.45, 7) is 1.01. The third-order valence-electron chi connectivity index (χ3n) is 2.72. The van der Waals surface area contributed by atoms with Crippen molar-refractivity contribution >= 4 is 17.6 Å². The molecule has 0 aliphatic rings. The summed E-state index contributed by atoms with van der Waals surface area (Å²) in [5, 5.41) is 19.6. The standard InChI is InChI=1S/C12H14N2O6/c1-7-9(14(18)19)4-8(5-10(7)20-3)12(17)13(2)6-11(15)16/h4-5H,6H2,1-3H3,(H,15,16). The molecule has 1 aromatic rings. The fraction of sp³-hybridized carbons (Fsp3) is 0.333. The molecule has 0 saturated carbocycles. The van der Waals surface area contributed by atoms with Crippen LogP contribution in [0.1, 0.15) is 15.9 Å². The molecule has 0 atom stereocenters. The van der Waals surface area contributed by atoms with Gasteiger partial charge in [-0.05, 0) is 13.0 Å². The maximum absolute atomic E-state index is 12.0. The van der Waals surface area contributed by atoms with Gasteiger partial charge in [0.1, 0.15) is 12.3 Å². The van der Waals surface area contributed by atoms with Gasteiger partial charge in [0.2, 0.25) is 0 Å². The summed E-state index contributed by atoms with van der Waals surface area (Å²) in [6.07, 6.45) is 0. The van der Waals surface area contributed by atoms with E-state index in [0.717, 1.165) is 11.0 Å². The molecule has 1 N–H and O–H groups in total. The molecule has 0 radical (unpaired) electrons. The van der Waals surface area contributed by atoms with Crippen LogP contribution >= 0.6 is 0 Å². The number of benzene rings is 1. The fourth-order valence-electron chi connectivity index (χ4n) is 1.69. The van der Waals surface area contributed by atoms with Crippen molar-refractivity contribution in [3.05, 3.63) is 33.4 Å². The van der Waals surface area contributed by atoms with Crippen molar-refractivity contribution in [2.75, 3.05) is 20.7 Å². The smallest absolute Gasteiger partial charge is 0.323 e. The fourth-order valence-corrected chi connectivity index (χ4v) is 1.69. The van der Waals surface area contributed by atoms with Crippen LogP contribution in [0.15, 0.2) is 12.1 Å². The van der Waals surface area contributed by atoms with Gasteiger partial charge in [0.25, 0.3) is 11.6 Å². The number of nitrogens with zero attached hydrogens (tertiary/aromatic N) is 2. The van der Waals surface area contributed by atoms with Crippen LogP contribution in [0.3, 0.4) is 0 Å². The van der Waals surface area contributed by atoms with Crippen molar-refractivity contribution in [2.24, 2.45) is 0 Å². The molecule has 20 heavy (non-hydrogen) atoms. The summed E-state index contributed by atoms with van der Waals surface area (Å²) < 4.78 is 5.00. The van der Waals surface area contributed by atoms with Crippen molar-refractivity contribution in [1.29, 1.82) is 0 Å². The van der Waals surface area contributed by atoms with Gasteiger partial charge in [-0.25, -0.2) is 0 Å². The molecule has 1 amide bonds. The highest BCUT2D eigenvalue weighted by Crippen LogP contribution is 2.29. The highest BCUT2D eigenvalue weighted by Gasteiger charge is 2.22. The van der Waals surface area contributed by atoms with Gasteiger partial charge in [-0.1, -0.05) is 0 Å². The minimum absolute atomic E-state index is 0.00269. The molecule has 108 valence electrons. The van der Waals surface area contributed by atoms with Gasteiger partial charge in [-0.3, -0.25) is 19.7 Å². The lowest BCUT2D eigenvalue weighted by atomic mass is 10.1. The average molecular weight is 282 g/mol. The number of carboxylic acids is 1. The number of hydrogen-bond donors (Lipinski definition) is 1. The van der Waals surface area contributed by atoms with Crippen LogP contribution in [-0.2, 0) is 4.79 Å². The van der Waals surface area contributed by atoms with Crippen LogP contribution in [-0.4, -0.2) is 47.5 Å². The van der Waals surface area contributed by atoms with Crippen molar-refractivity contribution in [3.8, 4) is 5.75 Å². The summed E-state index contributed by atoms with van der Waals surface area (Å²) in [4.78, 5) is 33.9. The largest absolute Gasteiger partial charge is 0.496 e. The first-order valence-electron chi connectivity index (χ1n) is 5.58. The van der Waals surface area contributed by atoms with Gasteiger partial charge in [-0.2, -0.15) is 0 Å². The minimum atomic E-state index is -1.17. The number of nitro groups is 1. The number of aliphatic carboxylic acids is 1. The second-order valence-corrected chi connectivity index (χ2v) is 4.13. The number of carboxylic acid groups (broad SMARTS) is 1. The Morgan fingerprint density at radius 3 is 2.50 bits per heavy atom. The lowest BCUT2D eigenvalue weighted by Gasteiger charge is -2.15. The first-order chi connectivity index (χ1) is 9.27. The zero-order valence-electron chi connectivity index (χ0n) is 11.2. The summed E-state index contributed by atoms with van der Waals surface area (Å²) in [5.41, 5.74) is 0.0502. The van der Waals surface area contributed by atoms with Crippen molar-refractivity contribution in [1.82, 2.24) is 4.90 Å². The van der Waals surface area contributed by atoms with E-state index in [9.17, 15) is 19.7 Å². The maximum Gasteiger partial charge on any atom is 0.323 e. The number of carbonyl (C=O) groups is 2. The van der Waals surface area contributed by atoms with Gasteiger partial charge in [0.05, 0.1) is 23.2 Å². The van der Waals surface area contributed by atoms with E-state index in [2.05, 4.69) is 0 Å². The second-order valence-electron chi connectivity index (χ2n) is 4.13. The Labute approximate surface area is 114 Å². The van der Waals surface area contributed by atoms with E-state index < -0.39 is 23.3 Å². The molecule has 0 bridgehead atoms. The highest BCUT2D eigenvalue weighted by molar-refractivity contribution is 5.97. The molecule has 0 aromatic heterocycles. The molecule has 0 aliphatic carbocycles. The number of carbonyl (C=O) groups excluding carboxylic acids is 1. The van der Waals surface area contributed by atoms with Crippen LogP contribution in [0.4, 0.5) is 5.69 Å². The van der Waals surface area contributed by atoms with Gasteiger partial charge in [-0.15, -0.1) is 0 Å². The molecule has 1 rings (SSSR count). The molecule has 8 heteroatoms. The Hall–Kier alpha value is -2.64. The molecule has 0 spiro atoms. The molecule has 0 unspecified atom stereocenters. The van der Waals surface area contributed by atoms with Crippen LogP contribution in [0, 0.1) is 17.0 Å². The predicted octanol–water partition coefficient (Wildman–Crippen LogP) is 1.07. The first-order valence-corrected chi connectivity index (χ1v) is 5.58. The Morgan fingerprint density at radius 1 is 1.45 bits per heavy atom. The molecule has 0 saturated heterocycles. The van der Waals surface area contributed by atoms with E-state index in [4.69, 9.17) is 9.84 Å². The number of likely N-dealkylation sites (N-methyl/N-ethyl adjacent to an activating group) is 1. The zero-order chi connectivity index (χ0) is 15.4. The number of rotatable bonds is 5. The molecule has 0 fully saturated rings. The van der Waals surface area contributed by atoms with Crippen molar-refractivity contribution < 1.29 is 24.4 Å². The van der Waals surface area contributed by atoms with E-state index in [1.165, 1.54) is 27.1 Å². The zero-order valence-corrected chi connectivity index (χ0v) is 11.2. The second kappa shape index (κ2) is 6.00. The molecule has 8 nitrogen and oxygen atoms in total. The number of amides is 1. The van der Waals surface area contributed by atoms with Crippen LogP contribution in [0.2, 0.25) is 0 Å². The third-order valence-corrected chi connectivity index (χ3v) is 2.72. The molecule has 1 aromatic carbocycles. The number of nitro benzene ring substituents is 1. The third kappa shape index (κ3) is 3.22. The highest BCUT2D eigenvalue weighted by atomic mass is 16.6. The molecule has 0 aliphatic heterocycles. The van der Waals surface area contributed by atoms with E-state index in [1.807, 2.05) is 0 Å². The van der Waals surface area contributed by atoms with E-state index in [0.29, 0.717) is 5.56 Å². The van der Waals surface area contributed by atoms with E-state index >= 15 is 0 Å². The Balaban J connectivity index is 3.25. The summed E-state index contributed by atoms with van der Waals surface area (Å²) >= 11 is 0. The van der Waals surface area contributed by atoms with Gasteiger partial charge < -0.3 is 14.7 Å². The van der Waals surface area contributed by atoms with Crippen molar-refractivity contribution in [3.63, 3.8) is 0 Å². The Bertz CT molecular complexity index is 569. The number of hydrogen-bond acceptors (Lipinski definition) is 5. The monoisotopic (exact) mass is 282 g/mol. The summed E-state index contributed by atoms with van der Waals surface area (Å²) in [6, 6.07) is 2.46. The predicted molar refractivity (Wildman–Crippen MR) is 69.0 cm³/mol. The average Bonchev–Trinajstić information content (AvgIpc) is 2.36. The summed E-state index contributed by atoms with van der Waals surface area (Å²) in [7, 11) is 2.63. The SMILES string of the molecule is COc1cc(C(=O)N(C)CC(=O)O)cc([N+](=O)[O-])c1C. The van der Waals surface area contributed by atoms with Crippen LogP contribution < -0.4 is 4.74 Å². The normalized spacial score (nSPS) is 9.95. The van der Waals surface area contributed by atoms with Crippen molar-refractivity contribution in [2.45, 2.75) is 6.92 Å². The molecule has 0 heterocycles. The number of methoxy groups -OCH3 is 1. The Morgan fingerprint density at radius 2 is 2.05 bits per heavy atom. The lowest BCUT2D eigenvalue weighted by molar-refractivity contribution is -0.385. The molecular weight excluding hydrogens is 268 g/mol. The van der Waals surface area contributed by atoms with Gasteiger partial charge in [0, 0.05) is 13.1 Å². The lowest BCUT2D eigenvalue weighted by Crippen LogP contribution is -2.32. The minimum Gasteiger partial charge on any atom is -0.496 e. The molecular formula is C12H14N2O6. The quantitative estimate of drug-likeness (QED) is 0.639. The maximum atomic E-state index is 12.0. The van der Waals surface area contributed by atoms with E-state index in [-0.39, 0.29) is 17.0 Å². The van der Waals surface area contributed by atoms with Gasteiger partial charge in [0.15, 0.2) is 0 Å². The van der Waals surface area contributed by atoms with Crippen LogP contribution in [0.25, 0.3) is 0 Å². The number of ether oxygens (including phenoxy) is 1. The van der Waals surface area contributed by atoms with Crippen LogP contribution in [0.5, 0.6) is 5.75 Å². The Kier molecular flexibility index (Phi) is 4.63. The summed E-state index contributed by atoms with van der Waals surface area (Å²) in [5.74, 6) is -1.60. The van der Waals surface area contributed by atoms with Gasteiger partial charge >= 0.3 is 5.97 Å². The first kappa shape index (κ1) is 15.4. The van der Waals surface area contributed by atoms with E-state index in [1.54, 1.807) is 0 Å². The topological polar surface area (TPSA) is 110 Å².